The maximum Gasteiger partial charge on any atom is 0.275 e. The third-order valence-electron chi connectivity index (χ3n) is 3.53. The molecule has 0 fully saturated rings. The lowest BCUT2D eigenvalue weighted by Gasteiger charge is -2.11. The number of anilines is 1. The van der Waals surface area contributed by atoms with Crippen LogP contribution in [0, 0.1) is 0 Å². The van der Waals surface area contributed by atoms with Crippen LogP contribution < -0.4 is 10.2 Å². The van der Waals surface area contributed by atoms with Crippen molar-refractivity contribution in [2.45, 2.75) is 0 Å². The monoisotopic (exact) mass is 369 g/mol. The summed E-state index contributed by atoms with van der Waals surface area (Å²) >= 11 is 3.40. The van der Waals surface area contributed by atoms with E-state index < -0.39 is 0 Å². The first-order valence-electron chi connectivity index (χ1n) is 7.18. The predicted molar refractivity (Wildman–Crippen MR) is 97.6 cm³/mol. The average molecular weight is 370 g/mol. The van der Waals surface area contributed by atoms with Crippen LogP contribution in [0.25, 0.3) is 6.08 Å². The number of aliphatic imine (C=N–C) groups is 1. The molecule has 23 heavy (non-hydrogen) atoms. The largest absolute Gasteiger partial charge is 0.378 e. The fourth-order valence-electron chi connectivity index (χ4n) is 2.24. The van der Waals surface area contributed by atoms with Gasteiger partial charge in [0, 0.05) is 29.8 Å². The first kappa shape index (κ1) is 15.5. The number of hydrogen-bond donors (Lipinski definition) is 1. The molecule has 1 heterocycles. The Kier molecular flexibility index (Phi) is 4.30. The van der Waals surface area contributed by atoms with E-state index in [9.17, 15) is 4.79 Å². The Morgan fingerprint density at radius 3 is 2.30 bits per heavy atom. The highest BCUT2D eigenvalue weighted by Crippen LogP contribution is 2.18. The van der Waals surface area contributed by atoms with Crippen molar-refractivity contribution in [1.29, 1.82) is 0 Å². The first-order chi connectivity index (χ1) is 11.0. The molecular weight excluding hydrogens is 354 g/mol. The first-order valence-corrected chi connectivity index (χ1v) is 7.97. The minimum atomic E-state index is -0.181. The van der Waals surface area contributed by atoms with Gasteiger partial charge in [-0.1, -0.05) is 40.2 Å². The summed E-state index contributed by atoms with van der Waals surface area (Å²) in [6.07, 6.45) is 1.79. The number of hydrogen-bond acceptors (Lipinski definition) is 3. The van der Waals surface area contributed by atoms with Crippen LogP contribution in [0.4, 0.5) is 5.69 Å². The maximum absolute atomic E-state index is 12.1. The van der Waals surface area contributed by atoms with E-state index in [-0.39, 0.29) is 5.91 Å². The van der Waals surface area contributed by atoms with Gasteiger partial charge in [-0.2, -0.15) is 0 Å². The minimum Gasteiger partial charge on any atom is -0.378 e. The molecule has 4 nitrogen and oxygen atoms in total. The van der Waals surface area contributed by atoms with Crippen LogP contribution in [0.2, 0.25) is 0 Å². The Hall–Kier alpha value is -2.40. The molecule has 0 radical (unpaired) electrons. The quantitative estimate of drug-likeness (QED) is 0.842. The molecule has 5 heteroatoms. The van der Waals surface area contributed by atoms with Crippen molar-refractivity contribution in [3.63, 3.8) is 0 Å². The van der Waals surface area contributed by atoms with Gasteiger partial charge in [-0.3, -0.25) is 4.79 Å². The number of carbonyl (C=O) groups excluding carboxylic acids is 1. The van der Waals surface area contributed by atoms with E-state index in [1.54, 1.807) is 6.08 Å². The van der Waals surface area contributed by atoms with Crippen molar-refractivity contribution in [2.24, 2.45) is 4.99 Å². The average Bonchev–Trinajstić information content (AvgIpc) is 2.89. The Labute approximate surface area is 143 Å². The molecule has 1 aliphatic heterocycles. The highest BCUT2D eigenvalue weighted by Gasteiger charge is 2.20. The van der Waals surface area contributed by atoms with Gasteiger partial charge in [0.1, 0.15) is 11.5 Å². The molecule has 0 bridgehead atoms. The number of benzene rings is 2. The van der Waals surface area contributed by atoms with E-state index in [1.165, 1.54) is 0 Å². The van der Waals surface area contributed by atoms with Gasteiger partial charge >= 0.3 is 0 Å². The Balaban J connectivity index is 1.87. The molecule has 2 aromatic rings. The van der Waals surface area contributed by atoms with E-state index in [0.29, 0.717) is 11.5 Å². The second kappa shape index (κ2) is 6.38. The zero-order valence-electron chi connectivity index (χ0n) is 12.9. The lowest BCUT2D eigenvalue weighted by atomic mass is 10.1. The zero-order chi connectivity index (χ0) is 16.4. The highest BCUT2D eigenvalue weighted by molar-refractivity contribution is 9.10. The zero-order valence-corrected chi connectivity index (χ0v) is 14.5. The van der Waals surface area contributed by atoms with E-state index in [1.807, 2.05) is 67.5 Å². The molecule has 0 saturated carbocycles. The lowest BCUT2D eigenvalue weighted by Crippen LogP contribution is -2.24. The van der Waals surface area contributed by atoms with Crippen molar-refractivity contribution in [1.82, 2.24) is 5.32 Å². The SMILES string of the molecule is CN(C)c1ccc(C=C2N=C(c3ccc(Br)cc3)NC2=O)cc1. The van der Waals surface area contributed by atoms with E-state index in [0.717, 1.165) is 21.3 Å². The van der Waals surface area contributed by atoms with Crippen molar-refractivity contribution < 1.29 is 4.79 Å². The fourth-order valence-corrected chi connectivity index (χ4v) is 2.50. The lowest BCUT2D eigenvalue weighted by molar-refractivity contribution is -0.115. The molecule has 0 spiro atoms. The fraction of sp³-hybridized carbons (Fsp3) is 0.111. The predicted octanol–water partition coefficient (Wildman–Crippen LogP) is 3.43. The molecule has 0 saturated heterocycles. The maximum atomic E-state index is 12.1. The van der Waals surface area contributed by atoms with E-state index >= 15 is 0 Å². The van der Waals surface area contributed by atoms with Gasteiger partial charge < -0.3 is 10.2 Å². The highest BCUT2D eigenvalue weighted by atomic mass is 79.9. The summed E-state index contributed by atoms with van der Waals surface area (Å²) < 4.78 is 0.989. The third-order valence-corrected chi connectivity index (χ3v) is 4.06. The molecular formula is C18H16BrN3O. The number of carbonyl (C=O) groups is 1. The molecule has 0 aliphatic carbocycles. The summed E-state index contributed by atoms with van der Waals surface area (Å²) in [5, 5.41) is 2.81. The number of nitrogens with one attached hydrogen (secondary N) is 1. The summed E-state index contributed by atoms with van der Waals surface area (Å²) in [5.41, 5.74) is 3.36. The molecule has 0 unspecified atom stereocenters. The summed E-state index contributed by atoms with van der Waals surface area (Å²) in [6, 6.07) is 15.6. The van der Waals surface area contributed by atoms with Crippen LogP contribution in [0.5, 0.6) is 0 Å². The van der Waals surface area contributed by atoms with Crippen molar-refractivity contribution in [3.05, 3.63) is 69.8 Å². The van der Waals surface area contributed by atoms with E-state index in [4.69, 9.17) is 0 Å². The molecule has 1 N–H and O–H groups in total. The summed E-state index contributed by atoms with van der Waals surface area (Å²) in [5.74, 6) is 0.401. The van der Waals surface area contributed by atoms with Crippen molar-refractivity contribution >= 4 is 39.4 Å². The van der Waals surface area contributed by atoms with Crippen LogP contribution in [0.1, 0.15) is 11.1 Å². The molecule has 0 atom stereocenters. The van der Waals surface area contributed by atoms with Crippen LogP contribution in [0.15, 0.2) is 63.7 Å². The van der Waals surface area contributed by atoms with Crippen LogP contribution in [-0.4, -0.2) is 25.8 Å². The number of halogens is 1. The normalized spacial score (nSPS) is 15.5. The molecule has 1 aliphatic rings. The summed E-state index contributed by atoms with van der Waals surface area (Å²) in [4.78, 5) is 18.5. The Bertz CT molecular complexity index is 790. The standard InChI is InChI=1S/C18H16BrN3O/c1-22(2)15-9-3-12(4-10-15)11-16-18(23)21-17(20-16)13-5-7-14(19)8-6-13/h3-11H,1-2H3,(H,20,21,23). The van der Waals surface area contributed by atoms with Gasteiger partial charge in [0.05, 0.1) is 0 Å². The van der Waals surface area contributed by atoms with Gasteiger partial charge in [0.15, 0.2) is 0 Å². The van der Waals surface area contributed by atoms with Crippen LogP contribution >= 0.6 is 15.9 Å². The van der Waals surface area contributed by atoms with Gasteiger partial charge in [0.2, 0.25) is 0 Å². The Morgan fingerprint density at radius 2 is 1.70 bits per heavy atom. The molecule has 1 amide bonds. The number of amidine groups is 1. The van der Waals surface area contributed by atoms with Crippen molar-refractivity contribution in [2.75, 3.05) is 19.0 Å². The second-order valence-corrected chi connectivity index (χ2v) is 6.35. The van der Waals surface area contributed by atoms with Gasteiger partial charge in [-0.05, 0) is 35.9 Å². The number of rotatable bonds is 3. The summed E-state index contributed by atoms with van der Waals surface area (Å²) in [7, 11) is 3.99. The van der Waals surface area contributed by atoms with Crippen LogP contribution in [0.3, 0.4) is 0 Å². The van der Waals surface area contributed by atoms with Gasteiger partial charge in [0.25, 0.3) is 5.91 Å². The Morgan fingerprint density at radius 1 is 1.04 bits per heavy atom. The van der Waals surface area contributed by atoms with Crippen LogP contribution in [-0.2, 0) is 4.79 Å². The molecule has 116 valence electrons. The number of amides is 1. The van der Waals surface area contributed by atoms with Crippen molar-refractivity contribution in [3.8, 4) is 0 Å². The number of nitrogens with zero attached hydrogens (tertiary/aromatic N) is 2. The van der Waals surface area contributed by atoms with Gasteiger partial charge in [-0.15, -0.1) is 0 Å². The molecule has 3 rings (SSSR count). The smallest absolute Gasteiger partial charge is 0.275 e. The molecule has 2 aromatic carbocycles. The topological polar surface area (TPSA) is 44.7 Å². The second-order valence-electron chi connectivity index (χ2n) is 5.44. The molecule has 0 aromatic heterocycles. The summed E-state index contributed by atoms with van der Waals surface area (Å²) in [6.45, 7) is 0. The van der Waals surface area contributed by atoms with Gasteiger partial charge in [-0.25, -0.2) is 4.99 Å². The third kappa shape index (κ3) is 3.51. The van der Waals surface area contributed by atoms with E-state index in [2.05, 4.69) is 26.2 Å². The minimum absolute atomic E-state index is 0.181.